The molecule has 1 unspecified atom stereocenters. The summed E-state index contributed by atoms with van der Waals surface area (Å²) in [7, 11) is 0. The molecule has 1 atom stereocenters. The molecule has 0 aliphatic heterocycles. The number of benzene rings is 1. The van der Waals surface area contributed by atoms with Gasteiger partial charge >= 0.3 is 12.1 Å². The lowest BCUT2D eigenvalue weighted by atomic mass is 10.1. The van der Waals surface area contributed by atoms with Crippen molar-refractivity contribution in [2.24, 2.45) is 0 Å². The first kappa shape index (κ1) is 14.0. The van der Waals surface area contributed by atoms with E-state index in [1.165, 1.54) is 6.92 Å². The third-order valence-corrected chi connectivity index (χ3v) is 2.19. The molecule has 0 saturated carbocycles. The van der Waals surface area contributed by atoms with Gasteiger partial charge in [0.2, 0.25) is 0 Å². The van der Waals surface area contributed by atoms with Crippen molar-refractivity contribution in [1.82, 2.24) is 5.32 Å². The standard InChI is InChI=1S/C11H10F3NO3/c1-6(10(17)18)15-9(16)7-2-4-8(5-3-7)11(12,13)14/h2-6H,1H3,(H,15,16)(H,17,18). The Kier molecular flexibility index (Phi) is 3.95. The fourth-order valence-corrected chi connectivity index (χ4v) is 1.15. The molecule has 98 valence electrons. The second-order valence-electron chi connectivity index (χ2n) is 3.61. The molecule has 0 saturated heterocycles. The van der Waals surface area contributed by atoms with Gasteiger partial charge in [0.05, 0.1) is 5.56 Å². The third kappa shape index (κ3) is 3.47. The van der Waals surface area contributed by atoms with Crippen LogP contribution in [0.1, 0.15) is 22.8 Å². The Morgan fingerprint density at radius 3 is 2.11 bits per heavy atom. The lowest BCUT2D eigenvalue weighted by molar-refractivity contribution is -0.139. The molecular formula is C11H10F3NO3. The van der Waals surface area contributed by atoms with Gasteiger partial charge in [-0.3, -0.25) is 9.59 Å². The average Bonchev–Trinajstić information content (AvgIpc) is 2.27. The summed E-state index contributed by atoms with van der Waals surface area (Å²) in [5, 5.41) is 10.7. The maximum atomic E-state index is 12.3. The van der Waals surface area contributed by atoms with Gasteiger partial charge in [-0.05, 0) is 31.2 Å². The number of halogens is 3. The first-order valence-corrected chi connectivity index (χ1v) is 4.92. The van der Waals surface area contributed by atoms with E-state index in [4.69, 9.17) is 5.11 Å². The molecule has 18 heavy (non-hydrogen) atoms. The van der Waals surface area contributed by atoms with Gasteiger partial charge in [-0.15, -0.1) is 0 Å². The summed E-state index contributed by atoms with van der Waals surface area (Å²) < 4.78 is 36.8. The summed E-state index contributed by atoms with van der Waals surface area (Å²) in [5.41, 5.74) is -0.901. The minimum absolute atomic E-state index is 0.0314. The highest BCUT2D eigenvalue weighted by Crippen LogP contribution is 2.29. The second kappa shape index (κ2) is 5.07. The number of hydrogen-bond donors (Lipinski definition) is 2. The van der Waals surface area contributed by atoms with Gasteiger partial charge in [0.15, 0.2) is 0 Å². The Morgan fingerprint density at radius 2 is 1.72 bits per heavy atom. The van der Waals surface area contributed by atoms with Crippen LogP contribution in [0.4, 0.5) is 13.2 Å². The number of nitrogens with one attached hydrogen (secondary N) is 1. The van der Waals surface area contributed by atoms with E-state index in [1.54, 1.807) is 0 Å². The fourth-order valence-electron chi connectivity index (χ4n) is 1.15. The smallest absolute Gasteiger partial charge is 0.416 e. The number of rotatable bonds is 3. The molecule has 0 heterocycles. The van der Waals surface area contributed by atoms with E-state index in [2.05, 4.69) is 5.32 Å². The summed E-state index contributed by atoms with van der Waals surface area (Å²) in [5.74, 6) is -1.96. The largest absolute Gasteiger partial charge is 0.480 e. The number of hydrogen-bond acceptors (Lipinski definition) is 2. The van der Waals surface area contributed by atoms with Gasteiger partial charge in [0.25, 0.3) is 5.91 Å². The van der Waals surface area contributed by atoms with Crippen LogP contribution in [0.3, 0.4) is 0 Å². The van der Waals surface area contributed by atoms with Crippen LogP contribution in [-0.4, -0.2) is 23.0 Å². The maximum Gasteiger partial charge on any atom is 0.416 e. The molecule has 0 aromatic heterocycles. The molecule has 1 rings (SSSR count). The number of carbonyl (C=O) groups is 2. The van der Waals surface area contributed by atoms with Gasteiger partial charge in [-0.1, -0.05) is 0 Å². The van der Waals surface area contributed by atoms with Gasteiger partial charge in [0, 0.05) is 5.56 Å². The molecule has 2 N–H and O–H groups in total. The van der Waals surface area contributed by atoms with Crippen molar-refractivity contribution < 1.29 is 27.9 Å². The first-order chi connectivity index (χ1) is 8.21. The van der Waals surface area contributed by atoms with Crippen LogP contribution in [0.15, 0.2) is 24.3 Å². The normalized spacial score (nSPS) is 12.9. The average molecular weight is 261 g/mol. The Bertz CT molecular complexity index is 454. The lowest BCUT2D eigenvalue weighted by Gasteiger charge is -2.10. The summed E-state index contributed by atoms with van der Waals surface area (Å²) in [6, 6.07) is 2.40. The van der Waals surface area contributed by atoms with Gasteiger partial charge in [-0.25, -0.2) is 0 Å². The number of carboxylic acids is 1. The summed E-state index contributed by atoms with van der Waals surface area (Å²) in [6.07, 6.45) is -4.47. The van der Waals surface area contributed by atoms with Crippen molar-refractivity contribution in [3.05, 3.63) is 35.4 Å². The number of amides is 1. The maximum absolute atomic E-state index is 12.3. The predicted molar refractivity (Wildman–Crippen MR) is 56.0 cm³/mol. The Labute approximate surface area is 100 Å². The number of carbonyl (C=O) groups excluding carboxylic acids is 1. The molecular weight excluding hydrogens is 251 g/mol. The molecule has 1 amide bonds. The first-order valence-electron chi connectivity index (χ1n) is 4.92. The van der Waals surface area contributed by atoms with E-state index in [0.29, 0.717) is 0 Å². The topological polar surface area (TPSA) is 66.4 Å². The number of carboxylic acid groups (broad SMARTS) is 1. The SMILES string of the molecule is CC(NC(=O)c1ccc(C(F)(F)F)cc1)C(=O)O. The molecule has 0 bridgehead atoms. The van der Waals surface area contributed by atoms with E-state index in [1.807, 2.05) is 0 Å². The molecule has 0 fully saturated rings. The Morgan fingerprint density at radius 1 is 1.22 bits per heavy atom. The van der Waals surface area contributed by atoms with Crippen LogP contribution in [0.2, 0.25) is 0 Å². The Hall–Kier alpha value is -2.05. The van der Waals surface area contributed by atoms with E-state index in [9.17, 15) is 22.8 Å². The van der Waals surface area contributed by atoms with Gasteiger partial charge < -0.3 is 10.4 Å². The van der Waals surface area contributed by atoms with Crippen LogP contribution in [-0.2, 0) is 11.0 Å². The van der Waals surface area contributed by atoms with Crippen LogP contribution in [0.5, 0.6) is 0 Å². The minimum atomic E-state index is -4.47. The molecule has 4 nitrogen and oxygen atoms in total. The molecule has 1 aromatic rings. The van der Waals surface area contributed by atoms with Crippen molar-refractivity contribution in [1.29, 1.82) is 0 Å². The zero-order valence-corrected chi connectivity index (χ0v) is 9.28. The van der Waals surface area contributed by atoms with E-state index >= 15 is 0 Å². The molecule has 0 aliphatic carbocycles. The van der Waals surface area contributed by atoms with Crippen LogP contribution < -0.4 is 5.32 Å². The monoisotopic (exact) mass is 261 g/mol. The van der Waals surface area contributed by atoms with Crippen LogP contribution in [0, 0.1) is 0 Å². The Balaban J connectivity index is 2.80. The van der Waals surface area contributed by atoms with Crippen LogP contribution >= 0.6 is 0 Å². The summed E-state index contributed by atoms with van der Waals surface area (Å²) in [4.78, 5) is 22.0. The molecule has 0 radical (unpaired) electrons. The molecule has 0 aliphatic rings. The van der Waals surface area contributed by atoms with Gasteiger partial charge in [0.1, 0.15) is 6.04 Å². The molecule has 1 aromatic carbocycles. The number of aliphatic carboxylic acids is 1. The van der Waals surface area contributed by atoms with Crippen molar-refractivity contribution in [3.63, 3.8) is 0 Å². The second-order valence-corrected chi connectivity index (χ2v) is 3.61. The third-order valence-electron chi connectivity index (χ3n) is 2.19. The van der Waals surface area contributed by atoms with Crippen LogP contribution in [0.25, 0.3) is 0 Å². The lowest BCUT2D eigenvalue weighted by Crippen LogP contribution is -2.38. The van der Waals surface area contributed by atoms with E-state index in [-0.39, 0.29) is 5.56 Å². The van der Waals surface area contributed by atoms with Crippen molar-refractivity contribution in [3.8, 4) is 0 Å². The zero-order chi connectivity index (χ0) is 13.9. The highest BCUT2D eigenvalue weighted by molar-refractivity contribution is 5.96. The fraction of sp³-hybridized carbons (Fsp3) is 0.273. The molecule has 7 heteroatoms. The summed E-state index contributed by atoms with van der Waals surface area (Å²) >= 11 is 0. The quantitative estimate of drug-likeness (QED) is 0.873. The minimum Gasteiger partial charge on any atom is -0.480 e. The highest BCUT2D eigenvalue weighted by Gasteiger charge is 2.30. The summed E-state index contributed by atoms with van der Waals surface area (Å²) in [6.45, 7) is 1.25. The number of alkyl halides is 3. The zero-order valence-electron chi connectivity index (χ0n) is 9.28. The van der Waals surface area contributed by atoms with Gasteiger partial charge in [-0.2, -0.15) is 13.2 Å². The van der Waals surface area contributed by atoms with Crippen molar-refractivity contribution in [2.45, 2.75) is 19.1 Å². The predicted octanol–water partition coefficient (Wildman–Crippen LogP) is 1.91. The molecule has 0 spiro atoms. The highest BCUT2D eigenvalue weighted by atomic mass is 19.4. The van der Waals surface area contributed by atoms with E-state index < -0.39 is 29.7 Å². The van der Waals surface area contributed by atoms with Crippen molar-refractivity contribution >= 4 is 11.9 Å². The van der Waals surface area contributed by atoms with E-state index in [0.717, 1.165) is 24.3 Å². The van der Waals surface area contributed by atoms with Crippen molar-refractivity contribution in [2.75, 3.05) is 0 Å².